The molecule has 1 atom stereocenters. The lowest BCUT2D eigenvalue weighted by Crippen LogP contribution is -2.09. The molecular formula is C26H27N7O3. The van der Waals surface area contributed by atoms with Crippen LogP contribution in [0.3, 0.4) is 0 Å². The number of fused-ring (bicyclic) bond motifs is 1. The normalized spacial score (nSPS) is 12.2. The summed E-state index contributed by atoms with van der Waals surface area (Å²) in [5, 5.41) is 27.7. The molecule has 5 aromatic heterocycles. The van der Waals surface area contributed by atoms with Gasteiger partial charge in [-0.2, -0.15) is 15.3 Å². The van der Waals surface area contributed by atoms with Crippen LogP contribution in [-0.4, -0.2) is 53.4 Å². The Morgan fingerprint density at radius 3 is 2.67 bits per heavy atom. The molecule has 5 heterocycles. The average molecular weight is 486 g/mol. The summed E-state index contributed by atoms with van der Waals surface area (Å²) < 4.78 is 14.5. The maximum absolute atomic E-state index is 10.4. The highest BCUT2D eigenvalue weighted by Crippen LogP contribution is 2.30. The largest absolute Gasteiger partial charge is 0.436 e. The molecule has 1 N–H and O–H groups in total. The van der Waals surface area contributed by atoms with Crippen LogP contribution in [0.4, 0.5) is 0 Å². The predicted molar refractivity (Wildman–Crippen MR) is 133 cm³/mol. The van der Waals surface area contributed by atoms with E-state index in [1.165, 1.54) is 0 Å². The zero-order valence-corrected chi connectivity index (χ0v) is 20.6. The quantitative estimate of drug-likeness (QED) is 0.351. The number of aliphatic hydroxyl groups excluding tert-OH is 1. The Morgan fingerprint density at radius 1 is 1.06 bits per heavy atom. The number of rotatable bonds is 8. The fourth-order valence-corrected chi connectivity index (χ4v) is 3.97. The summed E-state index contributed by atoms with van der Waals surface area (Å²) in [6.07, 6.45) is 3.53. The number of aliphatic hydroxyl groups is 1. The molecule has 0 fully saturated rings. The number of methoxy groups -OCH3 is 1. The maximum atomic E-state index is 10.4. The molecule has 0 spiro atoms. The van der Waals surface area contributed by atoms with E-state index in [1.807, 2.05) is 50.2 Å². The van der Waals surface area contributed by atoms with Crippen molar-refractivity contribution in [1.82, 2.24) is 34.6 Å². The molecule has 0 aromatic carbocycles. The Morgan fingerprint density at radius 2 is 1.92 bits per heavy atom. The first-order valence-electron chi connectivity index (χ1n) is 11.6. The monoisotopic (exact) mass is 485 g/mol. The van der Waals surface area contributed by atoms with E-state index < -0.39 is 6.10 Å². The highest BCUT2D eigenvalue weighted by atomic mass is 16.5. The van der Waals surface area contributed by atoms with Crippen LogP contribution in [0, 0.1) is 13.8 Å². The molecule has 5 aromatic rings. The average Bonchev–Trinajstić information content (AvgIpc) is 3.46. The summed E-state index contributed by atoms with van der Waals surface area (Å²) in [6.45, 7) is 6.14. The summed E-state index contributed by atoms with van der Waals surface area (Å²) >= 11 is 0. The van der Waals surface area contributed by atoms with Crippen molar-refractivity contribution in [2.45, 2.75) is 33.3 Å². The Hall–Kier alpha value is -4.15. The summed E-state index contributed by atoms with van der Waals surface area (Å²) in [5.41, 5.74) is 5.76. The zero-order chi connectivity index (χ0) is 25.2. The number of hydrogen-bond acceptors (Lipinski definition) is 8. The highest BCUT2D eigenvalue weighted by molar-refractivity contribution is 5.78. The van der Waals surface area contributed by atoms with Crippen molar-refractivity contribution in [3.05, 3.63) is 77.5 Å². The molecule has 184 valence electrons. The van der Waals surface area contributed by atoms with Gasteiger partial charge in [0.05, 0.1) is 47.7 Å². The lowest BCUT2D eigenvalue weighted by molar-refractivity contribution is 0.198. The SMILES string of the molecule is COCCc1cc(C)n(-c2nc(-c3cnn4cc(Oc5ccc(C)nn5)ccc34)ccc2[C@H](C)O)n1. The van der Waals surface area contributed by atoms with Crippen molar-refractivity contribution in [3.8, 4) is 28.7 Å². The summed E-state index contributed by atoms with van der Waals surface area (Å²) in [6, 6.07) is 13.2. The Labute approximate surface area is 208 Å². The second-order valence-corrected chi connectivity index (χ2v) is 8.58. The van der Waals surface area contributed by atoms with E-state index in [1.54, 1.807) is 41.7 Å². The Bertz CT molecular complexity index is 1510. The van der Waals surface area contributed by atoms with Gasteiger partial charge < -0.3 is 14.6 Å². The minimum absolute atomic E-state index is 0.409. The van der Waals surface area contributed by atoms with Gasteiger partial charge in [-0.3, -0.25) is 0 Å². The van der Waals surface area contributed by atoms with Crippen molar-refractivity contribution in [1.29, 1.82) is 0 Å². The summed E-state index contributed by atoms with van der Waals surface area (Å²) in [4.78, 5) is 4.92. The summed E-state index contributed by atoms with van der Waals surface area (Å²) in [7, 11) is 1.67. The smallest absolute Gasteiger partial charge is 0.238 e. The van der Waals surface area contributed by atoms with Gasteiger partial charge in [-0.1, -0.05) is 6.07 Å². The van der Waals surface area contributed by atoms with Gasteiger partial charge in [-0.15, -0.1) is 5.10 Å². The third-order valence-electron chi connectivity index (χ3n) is 5.82. The lowest BCUT2D eigenvalue weighted by atomic mass is 10.1. The van der Waals surface area contributed by atoms with E-state index >= 15 is 0 Å². The molecular weight excluding hydrogens is 458 g/mol. The van der Waals surface area contributed by atoms with Crippen molar-refractivity contribution in [2.75, 3.05) is 13.7 Å². The molecule has 0 unspecified atom stereocenters. The topological polar surface area (TPSA) is 112 Å². The van der Waals surface area contributed by atoms with Crippen LogP contribution in [-0.2, 0) is 11.2 Å². The third-order valence-corrected chi connectivity index (χ3v) is 5.82. The van der Waals surface area contributed by atoms with Gasteiger partial charge in [0.1, 0.15) is 5.75 Å². The number of aryl methyl sites for hydroxylation is 2. The van der Waals surface area contributed by atoms with Crippen LogP contribution in [0.25, 0.3) is 22.6 Å². The fraction of sp³-hybridized carbons (Fsp3) is 0.269. The first kappa shape index (κ1) is 23.6. The molecule has 10 nitrogen and oxygen atoms in total. The van der Waals surface area contributed by atoms with Gasteiger partial charge in [0, 0.05) is 36.4 Å². The van der Waals surface area contributed by atoms with Crippen molar-refractivity contribution < 1.29 is 14.6 Å². The van der Waals surface area contributed by atoms with E-state index in [0.717, 1.165) is 33.9 Å². The fourth-order valence-electron chi connectivity index (χ4n) is 3.97. The van der Waals surface area contributed by atoms with Crippen molar-refractivity contribution in [2.24, 2.45) is 0 Å². The molecule has 10 heteroatoms. The number of pyridine rings is 2. The molecule has 0 radical (unpaired) electrons. The van der Waals surface area contributed by atoms with Gasteiger partial charge in [-0.05, 0) is 51.1 Å². The second kappa shape index (κ2) is 9.84. The maximum Gasteiger partial charge on any atom is 0.238 e. The molecule has 0 bridgehead atoms. The Kier molecular flexibility index (Phi) is 6.45. The van der Waals surface area contributed by atoms with Crippen LogP contribution in [0.15, 0.2) is 54.9 Å². The molecule has 0 aliphatic carbocycles. The standard InChI is InChI=1S/C26H27N7O3/c1-16-5-10-25(30-29-16)36-20-6-9-24-22(14-27-32(24)15-20)23-8-7-21(18(3)34)26(28-23)33-17(2)13-19(31-33)11-12-35-4/h5-10,13-15,18,34H,11-12H2,1-4H3/t18-/m0/s1. The van der Waals surface area contributed by atoms with Crippen molar-refractivity contribution >= 4 is 5.52 Å². The van der Waals surface area contributed by atoms with Crippen LogP contribution < -0.4 is 4.74 Å². The van der Waals surface area contributed by atoms with E-state index in [2.05, 4.69) is 15.3 Å². The van der Waals surface area contributed by atoms with E-state index in [4.69, 9.17) is 19.6 Å². The van der Waals surface area contributed by atoms with Crippen LogP contribution in [0.2, 0.25) is 0 Å². The highest BCUT2D eigenvalue weighted by Gasteiger charge is 2.18. The van der Waals surface area contributed by atoms with E-state index in [0.29, 0.717) is 36.0 Å². The lowest BCUT2D eigenvalue weighted by Gasteiger charge is -2.14. The summed E-state index contributed by atoms with van der Waals surface area (Å²) in [5.74, 6) is 1.58. The van der Waals surface area contributed by atoms with Gasteiger partial charge >= 0.3 is 0 Å². The number of nitrogens with zero attached hydrogens (tertiary/aromatic N) is 7. The first-order valence-corrected chi connectivity index (χ1v) is 11.6. The van der Waals surface area contributed by atoms with E-state index in [-0.39, 0.29) is 0 Å². The minimum atomic E-state index is -0.707. The predicted octanol–water partition coefficient (Wildman–Crippen LogP) is 4.02. The van der Waals surface area contributed by atoms with Crippen molar-refractivity contribution in [3.63, 3.8) is 0 Å². The molecule has 0 saturated carbocycles. The second-order valence-electron chi connectivity index (χ2n) is 8.58. The molecule has 36 heavy (non-hydrogen) atoms. The van der Waals surface area contributed by atoms with Gasteiger partial charge in [0.15, 0.2) is 5.82 Å². The van der Waals surface area contributed by atoms with E-state index in [9.17, 15) is 5.11 Å². The molecule has 0 amide bonds. The molecule has 0 aliphatic heterocycles. The van der Waals surface area contributed by atoms with Gasteiger partial charge in [-0.25, -0.2) is 14.2 Å². The van der Waals surface area contributed by atoms with Crippen LogP contribution >= 0.6 is 0 Å². The van der Waals surface area contributed by atoms with Gasteiger partial charge in [0.2, 0.25) is 5.88 Å². The molecule has 0 aliphatic rings. The number of hydrogen-bond donors (Lipinski definition) is 1. The first-order chi connectivity index (χ1) is 17.4. The van der Waals surface area contributed by atoms with Crippen LogP contribution in [0.1, 0.15) is 35.7 Å². The Balaban J connectivity index is 1.51. The molecule has 0 saturated heterocycles. The zero-order valence-electron chi connectivity index (χ0n) is 20.6. The number of ether oxygens (including phenoxy) is 2. The number of aromatic nitrogens is 7. The minimum Gasteiger partial charge on any atom is -0.436 e. The third kappa shape index (κ3) is 4.68. The molecule has 5 rings (SSSR count). The van der Waals surface area contributed by atoms with Gasteiger partial charge in [0.25, 0.3) is 0 Å². The van der Waals surface area contributed by atoms with Crippen LogP contribution in [0.5, 0.6) is 11.6 Å².